The van der Waals surface area contributed by atoms with E-state index in [-0.39, 0.29) is 0 Å². The molecule has 0 radical (unpaired) electrons. The smallest absolute Gasteiger partial charge is 0.129 e. The van der Waals surface area contributed by atoms with Gasteiger partial charge >= 0.3 is 0 Å². The lowest BCUT2D eigenvalue weighted by Gasteiger charge is -2.24. The van der Waals surface area contributed by atoms with Gasteiger partial charge in [0.1, 0.15) is 5.82 Å². The van der Waals surface area contributed by atoms with Crippen molar-refractivity contribution in [2.45, 2.75) is 13.3 Å². The zero-order chi connectivity index (χ0) is 10.5. The van der Waals surface area contributed by atoms with Gasteiger partial charge in [-0.15, -0.1) is 23.5 Å². The molecule has 2 nitrogen and oxygen atoms in total. The Kier molecular flexibility index (Phi) is 4.20. The fourth-order valence-electron chi connectivity index (χ4n) is 1.43. The fraction of sp³-hybridized carbons (Fsp3) is 0.545. The number of anilines is 1. The molecule has 0 unspecified atom stereocenters. The first-order chi connectivity index (χ1) is 7.36. The third-order valence-corrected chi connectivity index (χ3v) is 4.43. The summed E-state index contributed by atoms with van der Waals surface area (Å²) in [5, 5.41) is 0. The number of pyridine rings is 1. The molecule has 2 rings (SSSR count). The number of hydrogen-bond acceptors (Lipinski definition) is 4. The molecule has 0 aliphatic carbocycles. The lowest BCUT2D eigenvalue weighted by molar-refractivity contribution is 0.993. The standard InChI is InChI=1S/C11H16N2S2/c1-10-3-4-11(12-7-10)13-8-14-5-2-6-15-9-13/h3-4,7H,2,5-6,8-9H2,1H3. The van der Waals surface area contributed by atoms with Gasteiger partial charge in [0.25, 0.3) is 0 Å². The maximum Gasteiger partial charge on any atom is 0.129 e. The van der Waals surface area contributed by atoms with Gasteiger partial charge in [-0.2, -0.15) is 0 Å². The summed E-state index contributed by atoms with van der Waals surface area (Å²) in [5.74, 6) is 5.80. The molecule has 1 aromatic rings. The first kappa shape index (κ1) is 11.1. The molecule has 1 aromatic heterocycles. The first-order valence-electron chi connectivity index (χ1n) is 5.19. The molecule has 0 bridgehead atoms. The van der Waals surface area contributed by atoms with Crippen LogP contribution in [0.3, 0.4) is 0 Å². The van der Waals surface area contributed by atoms with E-state index in [1.54, 1.807) is 0 Å². The summed E-state index contributed by atoms with van der Waals surface area (Å²) in [5.41, 5.74) is 1.23. The Morgan fingerprint density at radius 3 is 2.53 bits per heavy atom. The van der Waals surface area contributed by atoms with Crippen LogP contribution >= 0.6 is 23.5 Å². The van der Waals surface area contributed by atoms with E-state index < -0.39 is 0 Å². The van der Waals surface area contributed by atoms with Crippen LogP contribution in [-0.4, -0.2) is 28.2 Å². The minimum Gasteiger partial charge on any atom is -0.338 e. The van der Waals surface area contributed by atoms with Gasteiger partial charge in [-0.3, -0.25) is 0 Å². The van der Waals surface area contributed by atoms with Crippen molar-refractivity contribution in [1.29, 1.82) is 0 Å². The van der Waals surface area contributed by atoms with Gasteiger partial charge in [0.2, 0.25) is 0 Å². The van der Waals surface area contributed by atoms with Crippen LogP contribution in [0.2, 0.25) is 0 Å². The van der Waals surface area contributed by atoms with Crippen molar-refractivity contribution in [3.8, 4) is 0 Å². The average Bonchev–Trinajstić information content (AvgIpc) is 2.19. The Balaban J connectivity index is 2.03. The third kappa shape index (κ3) is 3.31. The van der Waals surface area contributed by atoms with Crippen LogP contribution in [-0.2, 0) is 0 Å². The summed E-state index contributed by atoms with van der Waals surface area (Å²) in [7, 11) is 0. The molecule has 4 heteroatoms. The summed E-state index contributed by atoms with van der Waals surface area (Å²) < 4.78 is 0. The Labute approximate surface area is 99.8 Å². The molecule has 1 aliphatic heterocycles. The van der Waals surface area contributed by atoms with Gasteiger partial charge in [-0.05, 0) is 36.5 Å². The van der Waals surface area contributed by atoms with Gasteiger partial charge in [-0.1, -0.05) is 6.07 Å². The number of aryl methyl sites for hydroxylation is 1. The maximum atomic E-state index is 4.47. The number of thioether (sulfide) groups is 2. The highest BCUT2D eigenvalue weighted by Crippen LogP contribution is 2.21. The van der Waals surface area contributed by atoms with E-state index in [0.717, 1.165) is 17.6 Å². The summed E-state index contributed by atoms with van der Waals surface area (Å²) >= 11 is 4.02. The van der Waals surface area contributed by atoms with E-state index in [9.17, 15) is 0 Å². The predicted molar refractivity (Wildman–Crippen MR) is 70.7 cm³/mol. The zero-order valence-electron chi connectivity index (χ0n) is 8.98. The first-order valence-corrected chi connectivity index (χ1v) is 7.50. The Morgan fingerprint density at radius 2 is 1.93 bits per heavy atom. The number of aromatic nitrogens is 1. The van der Waals surface area contributed by atoms with Gasteiger partial charge in [0.05, 0.1) is 11.8 Å². The van der Waals surface area contributed by atoms with Crippen LogP contribution in [0.4, 0.5) is 5.82 Å². The highest BCUT2D eigenvalue weighted by Gasteiger charge is 2.09. The van der Waals surface area contributed by atoms with Crippen LogP contribution in [0.1, 0.15) is 12.0 Å². The summed E-state index contributed by atoms with van der Waals surface area (Å²) in [4.78, 5) is 6.83. The quantitative estimate of drug-likeness (QED) is 0.750. The average molecular weight is 240 g/mol. The zero-order valence-corrected chi connectivity index (χ0v) is 10.6. The molecule has 2 heterocycles. The Bertz CT molecular complexity index is 292. The van der Waals surface area contributed by atoms with Crippen LogP contribution < -0.4 is 4.90 Å². The molecular formula is C11H16N2S2. The molecule has 0 aromatic carbocycles. The van der Waals surface area contributed by atoms with Crippen LogP contribution in [0, 0.1) is 6.92 Å². The van der Waals surface area contributed by atoms with E-state index >= 15 is 0 Å². The molecule has 1 aliphatic rings. The second kappa shape index (κ2) is 5.66. The minimum absolute atomic E-state index is 1.07. The lowest BCUT2D eigenvalue weighted by Crippen LogP contribution is -2.24. The Morgan fingerprint density at radius 1 is 1.20 bits per heavy atom. The molecule has 0 amide bonds. The lowest BCUT2D eigenvalue weighted by atomic mass is 10.3. The van der Waals surface area contributed by atoms with Gasteiger partial charge in [0.15, 0.2) is 0 Å². The molecule has 1 saturated heterocycles. The van der Waals surface area contributed by atoms with E-state index in [0.29, 0.717) is 0 Å². The topological polar surface area (TPSA) is 16.1 Å². The third-order valence-electron chi connectivity index (χ3n) is 2.29. The SMILES string of the molecule is Cc1ccc(N2CSCCCSC2)nc1. The monoisotopic (exact) mass is 240 g/mol. The van der Waals surface area contributed by atoms with Crippen molar-refractivity contribution >= 4 is 29.3 Å². The molecule has 82 valence electrons. The van der Waals surface area contributed by atoms with Crippen molar-refractivity contribution in [1.82, 2.24) is 4.98 Å². The second-order valence-electron chi connectivity index (χ2n) is 3.66. The van der Waals surface area contributed by atoms with E-state index in [2.05, 4.69) is 28.9 Å². The summed E-state index contributed by atoms with van der Waals surface area (Å²) in [6, 6.07) is 4.26. The maximum absolute atomic E-state index is 4.47. The number of hydrogen-bond donors (Lipinski definition) is 0. The molecular weight excluding hydrogens is 224 g/mol. The highest BCUT2D eigenvalue weighted by molar-refractivity contribution is 8.00. The minimum atomic E-state index is 1.07. The van der Waals surface area contributed by atoms with Crippen molar-refractivity contribution in [2.24, 2.45) is 0 Å². The molecule has 0 N–H and O–H groups in total. The predicted octanol–water partition coefficient (Wildman–Crippen LogP) is 2.98. The van der Waals surface area contributed by atoms with E-state index in [4.69, 9.17) is 0 Å². The fourth-order valence-corrected chi connectivity index (χ4v) is 3.57. The summed E-state index contributed by atoms with van der Waals surface area (Å²) in [6.45, 7) is 2.08. The number of rotatable bonds is 1. The van der Waals surface area contributed by atoms with Gasteiger partial charge < -0.3 is 4.90 Å². The molecule has 0 atom stereocenters. The molecule has 0 spiro atoms. The summed E-state index contributed by atoms with van der Waals surface area (Å²) in [6.07, 6.45) is 3.29. The van der Waals surface area contributed by atoms with E-state index in [1.807, 2.05) is 29.7 Å². The molecule has 1 fully saturated rings. The van der Waals surface area contributed by atoms with Gasteiger partial charge in [-0.25, -0.2) is 4.98 Å². The molecule has 15 heavy (non-hydrogen) atoms. The van der Waals surface area contributed by atoms with Crippen LogP contribution in [0.15, 0.2) is 18.3 Å². The van der Waals surface area contributed by atoms with Crippen molar-refractivity contribution in [2.75, 3.05) is 28.2 Å². The van der Waals surface area contributed by atoms with Crippen molar-refractivity contribution in [3.63, 3.8) is 0 Å². The van der Waals surface area contributed by atoms with Crippen LogP contribution in [0.25, 0.3) is 0 Å². The number of nitrogens with zero attached hydrogens (tertiary/aromatic N) is 2. The highest BCUT2D eigenvalue weighted by atomic mass is 32.2. The van der Waals surface area contributed by atoms with Crippen molar-refractivity contribution < 1.29 is 0 Å². The second-order valence-corrected chi connectivity index (χ2v) is 5.81. The largest absolute Gasteiger partial charge is 0.338 e. The van der Waals surface area contributed by atoms with Crippen LogP contribution in [0.5, 0.6) is 0 Å². The van der Waals surface area contributed by atoms with Crippen molar-refractivity contribution in [3.05, 3.63) is 23.9 Å². The van der Waals surface area contributed by atoms with E-state index in [1.165, 1.54) is 23.5 Å². The molecule has 0 saturated carbocycles. The normalized spacial score (nSPS) is 18.3. The Hall–Kier alpha value is -0.350. The van der Waals surface area contributed by atoms with Gasteiger partial charge in [0, 0.05) is 6.20 Å².